The molecule has 0 aliphatic carbocycles. The standard InChI is InChI=1S/C18H25NO2/c1-14(2)7-6-11-19-18(21)17-10-9-16(15(3)13-17)8-4-5-12-20/h9-10,13-14,20H,5-7,11-12H2,1-3H3,(H,19,21). The highest BCUT2D eigenvalue weighted by Crippen LogP contribution is 2.10. The van der Waals surface area contributed by atoms with Crippen LogP contribution in [-0.2, 0) is 0 Å². The number of aryl methyl sites for hydroxylation is 1. The Balaban J connectivity index is 2.58. The lowest BCUT2D eigenvalue weighted by molar-refractivity contribution is 0.0952. The van der Waals surface area contributed by atoms with Crippen LogP contribution in [0.2, 0.25) is 0 Å². The van der Waals surface area contributed by atoms with Crippen LogP contribution < -0.4 is 5.32 Å². The van der Waals surface area contributed by atoms with Crippen LogP contribution in [-0.4, -0.2) is 24.2 Å². The molecule has 0 bridgehead atoms. The number of amides is 1. The highest BCUT2D eigenvalue weighted by molar-refractivity contribution is 5.94. The SMILES string of the molecule is Cc1cc(C(=O)NCCCC(C)C)ccc1C#CCCO. The van der Waals surface area contributed by atoms with Crippen LogP contribution in [0.1, 0.15) is 54.6 Å². The molecule has 0 heterocycles. The van der Waals surface area contributed by atoms with Gasteiger partial charge in [0.05, 0.1) is 6.61 Å². The normalized spacial score (nSPS) is 10.1. The zero-order valence-electron chi connectivity index (χ0n) is 13.2. The highest BCUT2D eigenvalue weighted by atomic mass is 16.2. The summed E-state index contributed by atoms with van der Waals surface area (Å²) in [6.45, 7) is 7.10. The number of benzene rings is 1. The second-order valence-corrected chi connectivity index (χ2v) is 5.60. The van der Waals surface area contributed by atoms with E-state index in [9.17, 15) is 4.79 Å². The zero-order chi connectivity index (χ0) is 15.7. The molecule has 2 N–H and O–H groups in total. The van der Waals surface area contributed by atoms with Gasteiger partial charge in [0.25, 0.3) is 5.91 Å². The number of nitrogens with one attached hydrogen (secondary N) is 1. The Labute approximate surface area is 127 Å². The first-order valence-electron chi connectivity index (χ1n) is 7.53. The Hall–Kier alpha value is -1.79. The van der Waals surface area contributed by atoms with Crippen LogP contribution >= 0.6 is 0 Å². The van der Waals surface area contributed by atoms with E-state index in [1.165, 1.54) is 0 Å². The van der Waals surface area contributed by atoms with Crippen molar-refractivity contribution in [3.63, 3.8) is 0 Å². The van der Waals surface area contributed by atoms with E-state index in [2.05, 4.69) is 31.0 Å². The fourth-order valence-corrected chi connectivity index (χ4v) is 1.97. The van der Waals surface area contributed by atoms with E-state index in [1.54, 1.807) is 6.07 Å². The molecule has 1 aromatic carbocycles. The summed E-state index contributed by atoms with van der Waals surface area (Å²) in [6.07, 6.45) is 2.60. The van der Waals surface area contributed by atoms with Crippen molar-refractivity contribution in [1.82, 2.24) is 5.32 Å². The number of aliphatic hydroxyl groups is 1. The van der Waals surface area contributed by atoms with Crippen molar-refractivity contribution in [1.29, 1.82) is 0 Å². The molecule has 0 radical (unpaired) electrons. The van der Waals surface area contributed by atoms with Crippen molar-refractivity contribution >= 4 is 5.91 Å². The van der Waals surface area contributed by atoms with E-state index in [0.717, 1.165) is 24.0 Å². The smallest absolute Gasteiger partial charge is 0.251 e. The second kappa shape index (κ2) is 9.20. The number of carbonyl (C=O) groups excluding carboxylic acids is 1. The van der Waals surface area contributed by atoms with Gasteiger partial charge in [0.2, 0.25) is 0 Å². The first-order valence-corrected chi connectivity index (χ1v) is 7.53. The first kappa shape index (κ1) is 17.3. The van der Waals surface area contributed by atoms with Crippen LogP contribution in [0.5, 0.6) is 0 Å². The fourth-order valence-electron chi connectivity index (χ4n) is 1.97. The molecule has 0 aromatic heterocycles. The van der Waals surface area contributed by atoms with Crippen LogP contribution in [0, 0.1) is 24.7 Å². The third-order valence-corrected chi connectivity index (χ3v) is 3.19. The van der Waals surface area contributed by atoms with Gasteiger partial charge in [-0.3, -0.25) is 4.79 Å². The Morgan fingerprint density at radius 1 is 1.38 bits per heavy atom. The Kier molecular flexibility index (Phi) is 7.56. The van der Waals surface area contributed by atoms with Gasteiger partial charge in [0, 0.05) is 24.1 Å². The molecule has 0 spiro atoms. The van der Waals surface area contributed by atoms with E-state index < -0.39 is 0 Å². The predicted molar refractivity (Wildman–Crippen MR) is 86.2 cm³/mol. The maximum absolute atomic E-state index is 12.0. The first-order chi connectivity index (χ1) is 10.0. The molecule has 3 nitrogen and oxygen atoms in total. The molecule has 1 rings (SSSR count). The van der Waals surface area contributed by atoms with E-state index in [1.807, 2.05) is 19.1 Å². The number of hydrogen-bond donors (Lipinski definition) is 2. The molecule has 0 fully saturated rings. The lowest BCUT2D eigenvalue weighted by Gasteiger charge is -2.08. The van der Waals surface area contributed by atoms with Crippen LogP contribution in [0.25, 0.3) is 0 Å². The van der Waals surface area contributed by atoms with E-state index in [4.69, 9.17) is 5.11 Å². The van der Waals surface area contributed by atoms with Crippen molar-refractivity contribution in [3.05, 3.63) is 34.9 Å². The van der Waals surface area contributed by atoms with Crippen molar-refractivity contribution in [2.75, 3.05) is 13.2 Å². The van der Waals surface area contributed by atoms with E-state index in [-0.39, 0.29) is 12.5 Å². The van der Waals surface area contributed by atoms with Crippen molar-refractivity contribution in [2.45, 2.75) is 40.0 Å². The number of hydrogen-bond acceptors (Lipinski definition) is 2. The molecule has 0 saturated carbocycles. The third-order valence-electron chi connectivity index (χ3n) is 3.19. The maximum Gasteiger partial charge on any atom is 0.251 e. The molecule has 1 aromatic rings. The zero-order valence-corrected chi connectivity index (χ0v) is 13.2. The number of aliphatic hydroxyl groups excluding tert-OH is 1. The highest BCUT2D eigenvalue weighted by Gasteiger charge is 2.06. The minimum atomic E-state index is -0.0308. The topological polar surface area (TPSA) is 49.3 Å². The summed E-state index contributed by atoms with van der Waals surface area (Å²) in [6, 6.07) is 5.53. The summed E-state index contributed by atoms with van der Waals surface area (Å²) < 4.78 is 0. The van der Waals surface area contributed by atoms with E-state index >= 15 is 0 Å². The average molecular weight is 287 g/mol. The van der Waals surface area contributed by atoms with Gasteiger partial charge < -0.3 is 10.4 Å². The van der Waals surface area contributed by atoms with Crippen molar-refractivity contribution < 1.29 is 9.90 Å². The summed E-state index contributed by atoms with van der Waals surface area (Å²) in [5, 5.41) is 11.7. The monoisotopic (exact) mass is 287 g/mol. The predicted octanol–water partition coefficient (Wildman–Crippen LogP) is 2.89. The van der Waals surface area contributed by atoms with Gasteiger partial charge in [-0.15, -0.1) is 0 Å². The number of carbonyl (C=O) groups is 1. The van der Waals surface area contributed by atoms with Gasteiger partial charge in [-0.2, -0.15) is 0 Å². The summed E-state index contributed by atoms with van der Waals surface area (Å²) in [4.78, 5) is 12.0. The van der Waals surface area contributed by atoms with Gasteiger partial charge in [-0.05, 0) is 49.4 Å². The molecule has 114 valence electrons. The van der Waals surface area contributed by atoms with Crippen LogP contribution in [0.3, 0.4) is 0 Å². The largest absolute Gasteiger partial charge is 0.395 e. The van der Waals surface area contributed by atoms with Gasteiger partial charge in [0.1, 0.15) is 0 Å². The van der Waals surface area contributed by atoms with Gasteiger partial charge in [-0.25, -0.2) is 0 Å². The summed E-state index contributed by atoms with van der Waals surface area (Å²) in [5.74, 6) is 6.53. The minimum absolute atomic E-state index is 0.0308. The Bertz CT molecular complexity index is 524. The average Bonchev–Trinajstić information content (AvgIpc) is 2.45. The lowest BCUT2D eigenvalue weighted by atomic mass is 10.0. The van der Waals surface area contributed by atoms with Crippen molar-refractivity contribution in [3.8, 4) is 11.8 Å². The molecule has 0 aliphatic heterocycles. The minimum Gasteiger partial charge on any atom is -0.395 e. The molecule has 0 unspecified atom stereocenters. The Morgan fingerprint density at radius 2 is 2.14 bits per heavy atom. The molecule has 0 aliphatic rings. The van der Waals surface area contributed by atoms with Crippen LogP contribution in [0.4, 0.5) is 0 Å². The van der Waals surface area contributed by atoms with Gasteiger partial charge in [-0.1, -0.05) is 25.7 Å². The molecule has 3 heteroatoms. The number of rotatable bonds is 6. The van der Waals surface area contributed by atoms with Crippen molar-refractivity contribution in [2.24, 2.45) is 5.92 Å². The third kappa shape index (κ3) is 6.46. The summed E-state index contributed by atoms with van der Waals surface area (Å²) in [7, 11) is 0. The van der Waals surface area contributed by atoms with Gasteiger partial charge in [0.15, 0.2) is 0 Å². The molecule has 1 amide bonds. The lowest BCUT2D eigenvalue weighted by Crippen LogP contribution is -2.24. The second-order valence-electron chi connectivity index (χ2n) is 5.60. The molecule has 0 saturated heterocycles. The fraction of sp³-hybridized carbons (Fsp3) is 0.500. The van der Waals surface area contributed by atoms with E-state index in [0.29, 0.717) is 24.4 Å². The molecular formula is C18H25NO2. The molecular weight excluding hydrogens is 262 g/mol. The summed E-state index contributed by atoms with van der Waals surface area (Å²) >= 11 is 0. The van der Waals surface area contributed by atoms with Gasteiger partial charge >= 0.3 is 0 Å². The molecule has 21 heavy (non-hydrogen) atoms. The van der Waals surface area contributed by atoms with Crippen LogP contribution in [0.15, 0.2) is 18.2 Å². The quantitative estimate of drug-likeness (QED) is 0.624. The molecule has 0 atom stereocenters. The maximum atomic E-state index is 12.0. The summed E-state index contributed by atoms with van der Waals surface area (Å²) in [5.41, 5.74) is 2.56. The Morgan fingerprint density at radius 3 is 2.76 bits per heavy atom.